The molecule has 2 heterocycles. The van der Waals surface area contributed by atoms with Crippen LogP contribution >= 0.6 is 22.9 Å². The number of carbonyl (C=O) groups excluding carboxylic acids is 1. The Morgan fingerprint density at radius 3 is 2.86 bits per heavy atom. The first kappa shape index (κ1) is 15.3. The molecule has 0 bridgehead atoms. The molecule has 1 amide bonds. The first-order valence-corrected chi connectivity index (χ1v) is 8.59. The normalized spacial score (nSPS) is 17.6. The molecule has 2 aromatic rings. The summed E-state index contributed by atoms with van der Waals surface area (Å²) >= 11 is 7.69. The maximum atomic E-state index is 12.7. The molecule has 1 aromatic heterocycles. The fourth-order valence-corrected chi connectivity index (χ4v) is 3.60. The number of rotatable bonds is 3. The molecule has 1 N–H and O–H groups in total. The number of anilines is 1. The Bertz CT molecular complexity index is 713. The van der Waals surface area contributed by atoms with Crippen LogP contribution < -0.4 is 5.32 Å². The molecule has 6 heteroatoms. The zero-order valence-corrected chi connectivity index (χ0v) is 14.3. The van der Waals surface area contributed by atoms with Gasteiger partial charge < -0.3 is 10.2 Å². The minimum absolute atomic E-state index is 0.0111. The van der Waals surface area contributed by atoms with Crippen molar-refractivity contribution in [1.29, 1.82) is 0 Å². The lowest BCUT2D eigenvalue weighted by atomic mass is 10.1. The Labute approximate surface area is 139 Å². The molecule has 1 unspecified atom stereocenters. The Balaban J connectivity index is 2.01. The van der Waals surface area contributed by atoms with Crippen molar-refractivity contribution in [3.05, 3.63) is 44.9 Å². The predicted molar refractivity (Wildman–Crippen MR) is 90.7 cm³/mol. The van der Waals surface area contributed by atoms with E-state index in [9.17, 15) is 4.79 Å². The van der Waals surface area contributed by atoms with Gasteiger partial charge in [-0.2, -0.15) is 0 Å². The predicted octanol–water partition coefficient (Wildman–Crippen LogP) is 4.51. The number of benzene rings is 1. The van der Waals surface area contributed by atoms with Crippen molar-refractivity contribution in [2.24, 2.45) is 0 Å². The number of hydrogen-bond acceptors (Lipinski definition) is 4. The van der Waals surface area contributed by atoms with E-state index in [1.54, 1.807) is 34.4 Å². The molecule has 1 aliphatic rings. The lowest BCUT2D eigenvalue weighted by molar-refractivity contribution is 0.0692. The summed E-state index contributed by atoms with van der Waals surface area (Å²) in [7, 11) is 0. The van der Waals surface area contributed by atoms with Crippen molar-refractivity contribution in [3.63, 3.8) is 0 Å². The summed E-state index contributed by atoms with van der Waals surface area (Å²) in [6.07, 6.45) is -0.243. The van der Waals surface area contributed by atoms with E-state index in [2.05, 4.69) is 19.2 Å². The average molecular weight is 336 g/mol. The van der Waals surface area contributed by atoms with Crippen molar-refractivity contribution in [3.8, 4) is 0 Å². The Hall–Kier alpha value is -1.59. The SMILES string of the molecule is CCN1C(=O)c2ccc(Cl)cc2NC1c1csc(C(C)C)n1. The Morgan fingerprint density at radius 1 is 1.45 bits per heavy atom. The number of aromatic nitrogens is 1. The largest absolute Gasteiger partial charge is 0.359 e. The molecule has 0 saturated carbocycles. The van der Waals surface area contributed by atoms with Crippen LogP contribution in [0.1, 0.15) is 53.9 Å². The van der Waals surface area contributed by atoms with Crippen molar-refractivity contribution < 1.29 is 4.79 Å². The van der Waals surface area contributed by atoms with Crippen LogP contribution in [0.2, 0.25) is 5.02 Å². The second-order valence-corrected chi connectivity index (χ2v) is 6.92. The highest BCUT2D eigenvalue weighted by Gasteiger charge is 2.33. The van der Waals surface area contributed by atoms with Gasteiger partial charge in [0.25, 0.3) is 5.91 Å². The average Bonchev–Trinajstić information content (AvgIpc) is 2.96. The van der Waals surface area contributed by atoms with Crippen LogP contribution in [0.3, 0.4) is 0 Å². The minimum Gasteiger partial charge on any atom is -0.359 e. The molecular formula is C16H18ClN3OS. The van der Waals surface area contributed by atoms with Gasteiger partial charge in [0, 0.05) is 22.9 Å². The second-order valence-electron chi connectivity index (χ2n) is 5.59. The summed E-state index contributed by atoms with van der Waals surface area (Å²) in [4.78, 5) is 19.2. The molecule has 22 heavy (non-hydrogen) atoms. The highest BCUT2D eigenvalue weighted by molar-refractivity contribution is 7.09. The van der Waals surface area contributed by atoms with Crippen LogP contribution in [-0.2, 0) is 0 Å². The summed E-state index contributed by atoms with van der Waals surface area (Å²) in [5, 5.41) is 7.12. The molecule has 0 aliphatic carbocycles. The monoisotopic (exact) mass is 335 g/mol. The van der Waals surface area contributed by atoms with Crippen molar-refractivity contribution in [2.75, 3.05) is 11.9 Å². The smallest absolute Gasteiger partial charge is 0.257 e. The first-order valence-electron chi connectivity index (χ1n) is 7.33. The molecule has 3 rings (SSSR count). The van der Waals surface area contributed by atoms with Crippen LogP contribution in [-0.4, -0.2) is 22.3 Å². The van der Waals surface area contributed by atoms with E-state index in [0.717, 1.165) is 16.4 Å². The van der Waals surface area contributed by atoms with E-state index in [1.807, 2.05) is 12.3 Å². The number of thiazole rings is 1. The van der Waals surface area contributed by atoms with E-state index in [0.29, 0.717) is 23.0 Å². The van der Waals surface area contributed by atoms with E-state index in [-0.39, 0.29) is 12.1 Å². The lowest BCUT2D eigenvalue weighted by Crippen LogP contribution is -2.42. The van der Waals surface area contributed by atoms with Gasteiger partial charge in [0.1, 0.15) is 6.17 Å². The van der Waals surface area contributed by atoms with E-state index < -0.39 is 0 Å². The number of nitrogens with one attached hydrogen (secondary N) is 1. The molecule has 1 aliphatic heterocycles. The third-order valence-corrected chi connectivity index (χ3v) is 5.13. The molecule has 4 nitrogen and oxygen atoms in total. The number of fused-ring (bicyclic) bond motifs is 1. The number of carbonyl (C=O) groups is 1. The van der Waals surface area contributed by atoms with Crippen LogP contribution in [0.4, 0.5) is 5.69 Å². The maximum absolute atomic E-state index is 12.7. The van der Waals surface area contributed by atoms with Crippen molar-refractivity contribution in [1.82, 2.24) is 9.88 Å². The van der Waals surface area contributed by atoms with Crippen LogP contribution in [0.15, 0.2) is 23.6 Å². The highest BCUT2D eigenvalue weighted by Crippen LogP contribution is 2.35. The van der Waals surface area contributed by atoms with Gasteiger partial charge in [-0.05, 0) is 25.1 Å². The van der Waals surface area contributed by atoms with E-state index in [4.69, 9.17) is 16.6 Å². The maximum Gasteiger partial charge on any atom is 0.257 e. The van der Waals surface area contributed by atoms with Gasteiger partial charge >= 0.3 is 0 Å². The van der Waals surface area contributed by atoms with Gasteiger partial charge in [0.15, 0.2) is 0 Å². The molecule has 0 radical (unpaired) electrons. The van der Waals surface area contributed by atoms with Crippen LogP contribution in [0, 0.1) is 0 Å². The first-order chi connectivity index (χ1) is 10.5. The Morgan fingerprint density at radius 2 is 2.23 bits per heavy atom. The number of nitrogens with zero attached hydrogens (tertiary/aromatic N) is 2. The molecule has 0 saturated heterocycles. The number of hydrogen-bond donors (Lipinski definition) is 1. The number of halogens is 1. The molecule has 1 aromatic carbocycles. The zero-order chi connectivity index (χ0) is 15.9. The second kappa shape index (κ2) is 5.89. The summed E-state index contributed by atoms with van der Waals surface area (Å²) < 4.78 is 0. The fourth-order valence-electron chi connectivity index (χ4n) is 2.57. The highest BCUT2D eigenvalue weighted by atomic mass is 35.5. The summed E-state index contributed by atoms with van der Waals surface area (Å²) in [5.41, 5.74) is 2.31. The van der Waals surface area contributed by atoms with Gasteiger partial charge in [-0.15, -0.1) is 11.3 Å². The van der Waals surface area contributed by atoms with Gasteiger partial charge in [-0.1, -0.05) is 25.4 Å². The van der Waals surface area contributed by atoms with Crippen LogP contribution in [0.5, 0.6) is 0 Å². The van der Waals surface area contributed by atoms with Gasteiger partial charge in [-0.25, -0.2) is 4.98 Å². The van der Waals surface area contributed by atoms with Gasteiger partial charge in [0.2, 0.25) is 0 Å². The number of amides is 1. The van der Waals surface area contributed by atoms with Crippen molar-refractivity contribution >= 4 is 34.5 Å². The fraction of sp³-hybridized carbons (Fsp3) is 0.375. The molecule has 1 atom stereocenters. The van der Waals surface area contributed by atoms with E-state index in [1.165, 1.54) is 0 Å². The molecular weight excluding hydrogens is 318 g/mol. The standard InChI is InChI=1S/C16H18ClN3OS/c1-4-20-14(13-8-22-15(19-13)9(2)3)18-12-7-10(17)5-6-11(12)16(20)21/h5-9,14,18H,4H2,1-3H3. The third kappa shape index (κ3) is 2.59. The summed E-state index contributed by atoms with van der Waals surface area (Å²) in [6.45, 7) is 6.83. The third-order valence-electron chi connectivity index (χ3n) is 3.73. The van der Waals surface area contributed by atoms with Crippen molar-refractivity contribution in [2.45, 2.75) is 32.9 Å². The lowest BCUT2D eigenvalue weighted by Gasteiger charge is -2.36. The zero-order valence-electron chi connectivity index (χ0n) is 12.8. The summed E-state index contributed by atoms with van der Waals surface area (Å²) in [5.74, 6) is 0.395. The topological polar surface area (TPSA) is 45.2 Å². The van der Waals surface area contributed by atoms with E-state index >= 15 is 0 Å². The molecule has 116 valence electrons. The van der Waals surface area contributed by atoms with Gasteiger partial charge in [-0.3, -0.25) is 4.79 Å². The van der Waals surface area contributed by atoms with Gasteiger partial charge in [0.05, 0.1) is 22.0 Å². The Kier molecular flexibility index (Phi) is 4.10. The minimum atomic E-state index is -0.243. The molecule has 0 spiro atoms. The quantitative estimate of drug-likeness (QED) is 0.897. The summed E-state index contributed by atoms with van der Waals surface area (Å²) in [6, 6.07) is 5.31. The van der Waals surface area contributed by atoms with Crippen LogP contribution in [0.25, 0.3) is 0 Å². The molecule has 0 fully saturated rings.